The van der Waals surface area contributed by atoms with Gasteiger partial charge in [0, 0.05) is 19.8 Å². The lowest BCUT2D eigenvalue weighted by atomic mass is 10.1. The molecule has 0 aromatic rings. The molecular weight excluding hydrogens is 380 g/mol. The van der Waals surface area contributed by atoms with Gasteiger partial charge < -0.3 is 25.2 Å². The first-order valence-corrected chi connectivity index (χ1v) is 10.6. The second-order valence-corrected chi connectivity index (χ2v) is 6.75. The number of aliphatic carboxylic acids is 2. The summed E-state index contributed by atoms with van der Waals surface area (Å²) < 4.78 is 4.35. The molecule has 174 valence electrons. The quantitative estimate of drug-likeness (QED) is 0.231. The highest BCUT2D eigenvalue weighted by Crippen LogP contribution is 2.04. The molecule has 1 atom stereocenters. The smallest absolute Gasteiger partial charge is 0.303 e. The van der Waals surface area contributed by atoms with E-state index in [2.05, 4.69) is 18.6 Å². The second-order valence-electron chi connectivity index (χ2n) is 6.75. The van der Waals surface area contributed by atoms with Gasteiger partial charge in [-0.3, -0.25) is 14.4 Å². The second kappa shape index (κ2) is 26.3. The minimum Gasteiger partial charge on any atom is -0.481 e. The van der Waals surface area contributed by atoms with E-state index in [1.54, 1.807) is 0 Å². The summed E-state index contributed by atoms with van der Waals surface area (Å²) >= 11 is 0. The molecule has 0 aromatic carbocycles. The van der Waals surface area contributed by atoms with Gasteiger partial charge in [0.15, 0.2) is 0 Å². The molecule has 4 N–H and O–H groups in total. The van der Waals surface area contributed by atoms with Crippen molar-refractivity contribution in [1.82, 2.24) is 0 Å². The summed E-state index contributed by atoms with van der Waals surface area (Å²) in [6, 6.07) is 0. The van der Waals surface area contributed by atoms with E-state index in [0.29, 0.717) is 12.8 Å². The zero-order valence-corrected chi connectivity index (χ0v) is 18.4. The van der Waals surface area contributed by atoms with Gasteiger partial charge >= 0.3 is 17.9 Å². The maximum atomic E-state index is 10.0. The topological polar surface area (TPSA) is 141 Å². The average molecular weight is 423 g/mol. The highest BCUT2D eigenvalue weighted by molar-refractivity contribution is 5.66. The van der Waals surface area contributed by atoms with E-state index in [0.717, 1.165) is 25.7 Å². The Bertz CT molecular complexity index is 361. The van der Waals surface area contributed by atoms with Crippen LogP contribution in [0, 0.1) is 0 Å². The van der Waals surface area contributed by atoms with Crippen molar-refractivity contribution in [2.45, 2.75) is 104 Å². The summed E-state index contributed by atoms with van der Waals surface area (Å²) in [5.74, 6) is -1.80. The maximum absolute atomic E-state index is 10.0. The lowest BCUT2D eigenvalue weighted by molar-refractivity contribution is -0.144. The minimum atomic E-state index is -0.950. The molecule has 8 heteroatoms. The van der Waals surface area contributed by atoms with Gasteiger partial charge in [0.1, 0.15) is 12.7 Å². The Morgan fingerprint density at radius 1 is 0.759 bits per heavy atom. The number of esters is 1. The number of carboxylic acids is 2. The van der Waals surface area contributed by atoms with Gasteiger partial charge in [0.05, 0.1) is 6.61 Å². The van der Waals surface area contributed by atoms with E-state index < -0.39 is 24.0 Å². The molecule has 0 radical (unpaired) electrons. The van der Waals surface area contributed by atoms with Crippen LogP contribution in [0.2, 0.25) is 0 Å². The number of aliphatic hydroxyl groups is 2. The van der Waals surface area contributed by atoms with Gasteiger partial charge in [-0.25, -0.2) is 0 Å². The lowest BCUT2D eigenvalue weighted by Gasteiger charge is -2.05. The summed E-state index contributed by atoms with van der Waals surface area (Å²) in [5.41, 5.74) is 0. The van der Waals surface area contributed by atoms with Crippen LogP contribution in [0.15, 0.2) is 0 Å². The first kappa shape index (κ1) is 32.0. The largest absolute Gasteiger partial charge is 0.481 e. The molecule has 0 fully saturated rings. The van der Waals surface area contributed by atoms with Crippen LogP contribution in [0.3, 0.4) is 0 Å². The normalized spacial score (nSPS) is 10.7. The number of carbonyl (C=O) groups is 3. The summed E-state index contributed by atoms with van der Waals surface area (Å²) in [4.78, 5) is 30.1. The van der Waals surface area contributed by atoms with Crippen LogP contribution in [0.25, 0.3) is 0 Å². The van der Waals surface area contributed by atoms with Crippen LogP contribution in [-0.2, 0) is 19.1 Å². The standard InChI is InChI=1S/2C8H16O2.C5H10O4/c2*1-2-3-4-5-6-7-8(9)10;1-4(7)9-3-5(8)2-6/h2*2-7H2,1H3,(H,9,10);5-6,8H,2-3H2,1H3. The van der Waals surface area contributed by atoms with Crippen LogP contribution < -0.4 is 0 Å². The Kier molecular flexibility index (Phi) is 29.1. The molecule has 0 heterocycles. The summed E-state index contributed by atoms with van der Waals surface area (Å²) in [6.07, 6.45) is 10.8. The zero-order chi connectivity index (χ0) is 22.9. The fraction of sp³-hybridized carbons (Fsp3) is 0.857. The first-order valence-electron chi connectivity index (χ1n) is 10.6. The van der Waals surface area contributed by atoms with Crippen molar-refractivity contribution >= 4 is 17.9 Å². The van der Waals surface area contributed by atoms with Crippen LogP contribution in [-0.4, -0.2) is 57.7 Å². The van der Waals surface area contributed by atoms with Crippen LogP contribution in [0.1, 0.15) is 97.8 Å². The van der Waals surface area contributed by atoms with E-state index in [1.807, 2.05) is 0 Å². The third-order valence-electron chi connectivity index (χ3n) is 3.68. The van der Waals surface area contributed by atoms with E-state index in [4.69, 9.17) is 20.4 Å². The van der Waals surface area contributed by atoms with Crippen molar-refractivity contribution in [3.05, 3.63) is 0 Å². The molecule has 0 saturated heterocycles. The highest BCUT2D eigenvalue weighted by Gasteiger charge is 2.02. The number of unbranched alkanes of at least 4 members (excludes halogenated alkanes) is 8. The Hall–Kier alpha value is -1.67. The molecule has 8 nitrogen and oxygen atoms in total. The molecule has 1 unspecified atom stereocenters. The van der Waals surface area contributed by atoms with E-state index in [9.17, 15) is 14.4 Å². The van der Waals surface area contributed by atoms with Gasteiger partial charge in [-0.15, -0.1) is 0 Å². The Morgan fingerprint density at radius 3 is 1.41 bits per heavy atom. The van der Waals surface area contributed by atoms with Gasteiger partial charge in [-0.05, 0) is 12.8 Å². The van der Waals surface area contributed by atoms with Crippen molar-refractivity contribution in [2.24, 2.45) is 0 Å². The number of aliphatic hydroxyl groups excluding tert-OH is 2. The maximum Gasteiger partial charge on any atom is 0.303 e. The molecule has 0 bridgehead atoms. The summed E-state index contributed by atoms with van der Waals surface area (Å²) in [7, 11) is 0. The minimum absolute atomic E-state index is 0.133. The highest BCUT2D eigenvalue weighted by atomic mass is 16.5. The van der Waals surface area contributed by atoms with Gasteiger partial charge in [-0.2, -0.15) is 0 Å². The molecule has 0 amide bonds. The number of carbonyl (C=O) groups excluding carboxylic acids is 1. The molecule has 29 heavy (non-hydrogen) atoms. The molecule has 0 spiro atoms. The van der Waals surface area contributed by atoms with Crippen molar-refractivity contribution in [3.63, 3.8) is 0 Å². The first-order chi connectivity index (χ1) is 13.7. The van der Waals surface area contributed by atoms with E-state index >= 15 is 0 Å². The fourth-order valence-electron chi connectivity index (χ4n) is 2.03. The van der Waals surface area contributed by atoms with Gasteiger partial charge in [0.25, 0.3) is 0 Å². The fourth-order valence-corrected chi connectivity index (χ4v) is 2.03. The third-order valence-corrected chi connectivity index (χ3v) is 3.68. The third kappa shape index (κ3) is 41.7. The van der Waals surface area contributed by atoms with Crippen molar-refractivity contribution in [1.29, 1.82) is 0 Å². The van der Waals surface area contributed by atoms with Crippen LogP contribution in [0.5, 0.6) is 0 Å². The molecule has 0 aliphatic heterocycles. The molecule has 0 aromatic heterocycles. The predicted octanol–water partition coefficient (Wildman–Crippen LogP) is 3.77. The zero-order valence-electron chi connectivity index (χ0n) is 18.4. The van der Waals surface area contributed by atoms with Gasteiger partial charge in [0.2, 0.25) is 0 Å². The average Bonchev–Trinajstić information content (AvgIpc) is 2.66. The number of hydrogen-bond donors (Lipinski definition) is 4. The summed E-state index contributed by atoms with van der Waals surface area (Å²) in [6.45, 7) is 5.03. The Labute approximate surface area is 175 Å². The Morgan fingerprint density at radius 2 is 1.14 bits per heavy atom. The van der Waals surface area contributed by atoms with Crippen LogP contribution in [0.4, 0.5) is 0 Å². The van der Waals surface area contributed by atoms with Gasteiger partial charge in [-0.1, -0.05) is 65.2 Å². The molecule has 0 rings (SSSR count). The van der Waals surface area contributed by atoms with Crippen molar-refractivity contribution in [2.75, 3.05) is 13.2 Å². The molecule has 0 saturated carbocycles. The number of rotatable bonds is 15. The SMILES string of the molecule is CC(=O)OCC(O)CO.CCCCCCCC(=O)O.CCCCCCCC(=O)O. The van der Waals surface area contributed by atoms with Crippen LogP contribution >= 0.6 is 0 Å². The lowest BCUT2D eigenvalue weighted by Crippen LogP contribution is -2.20. The number of carboxylic acid groups (broad SMARTS) is 2. The molecular formula is C21H42O8. The predicted molar refractivity (Wildman–Crippen MR) is 112 cm³/mol. The molecule has 0 aliphatic carbocycles. The van der Waals surface area contributed by atoms with Crippen molar-refractivity contribution < 1.29 is 39.5 Å². The van der Waals surface area contributed by atoms with Crippen molar-refractivity contribution in [3.8, 4) is 0 Å². The Balaban J connectivity index is -0.000000350. The van der Waals surface area contributed by atoms with E-state index in [-0.39, 0.29) is 13.2 Å². The summed E-state index contributed by atoms with van der Waals surface area (Å²) in [5, 5.41) is 33.3. The number of ether oxygens (including phenoxy) is 1. The van der Waals surface area contributed by atoms with E-state index in [1.165, 1.54) is 45.4 Å². The molecule has 0 aliphatic rings. The number of hydrogen-bond acceptors (Lipinski definition) is 6. The monoisotopic (exact) mass is 422 g/mol.